The smallest absolute Gasteiger partial charge is 0.163 e. The first kappa shape index (κ1) is 14.7. The number of unbranched alkanes of at least 4 members (excludes halogenated alkanes) is 4. The predicted molar refractivity (Wildman–Crippen MR) is 75.3 cm³/mol. The number of phenols is 1. The topological polar surface area (TPSA) is 37.3 Å². The maximum absolute atomic E-state index is 12.1. The Balaban J connectivity index is 2.54. The van der Waals surface area contributed by atoms with Crippen molar-refractivity contribution in [3.63, 3.8) is 0 Å². The van der Waals surface area contributed by atoms with Gasteiger partial charge in [-0.05, 0) is 43.5 Å². The van der Waals surface area contributed by atoms with Gasteiger partial charge in [-0.3, -0.25) is 4.79 Å². The van der Waals surface area contributed by atoms with Crippen molar-refractivity contribution >= 4 is 5.78 Å². The van der Waals surface area contributed by atoms with Crippen molar-refractivity contribution in [3.05, 3.63) is 28.8 Å². The predicted octanol–water partition coefficient (Wildman–Crippen LogP) is 4.55. The fraction of sp³-hybridized carbons (Fsp3) is 0.562. The lowest BCUT2D eigenvalue weighted by molar-refractivity contribution is 0.0978. The van der Waals surface area contributed by atoms with Gasteiger partial charge in [0, 0.05) is 12.0 Å². The average Bonchev–Trinajstić information content (AvgIpc) is 2.35. The second-order valence-corrected chi connectivity index (χ2v) is 4.97. The van der Waals surface area contributed by atoms with Gasteiger partial charge >= 0.3 is 0 Å². The van der Waals surface area contributed by atoms with Crippen LogP contribution < -0.4 is 0 Å². The minimum atomic E-state index is 0.201. The normalized spacial score (nSPS) is 10.6. The van der Waals surface area contributed by atoms with Crippen molar-refractivity contribution in [2.45, 2.75) is 59.3 Å². The minimum Gasteiger partial charge on any atom is -0.508 e. The molecule has 0 spiro atoms. The van der Waals surface area contributed by atoms with E-state index in [2.05, 4.69) is 6.92 Å². The van der Waals surface area contributed by atoms with Crippen molar-refractivity contribution in [3.8, 4) is 5.75 Å². The molecule has 0 atom stereocenters. The van der Waals surface area contributed by atoms with Crippen molar-refractivity contribution in [1.82, 2.24) is 0 Å². The molecule has 1 aromatic carbocycles. The lowest BCUT2D eigenvalue weighted by atomic mass is 9.96. The van der Waals surface area contributed by atoms with Crippen molar-refractivity contribution in [2.24, 2.45) is 0 Å². The Morgan fingerprint density at radius 1 is 1.06 bits per heavy atom. The van der Waals surface area contributed by atoms with Crippen molar-refractivity contribution < 1.29 is 9.90 Å². The highest BCUT2D eigenvalue weighted by molar-refractivity contribution is 5.97. The maximum Gasteiger partial charge on any atom is 0.163 e. The van der Waals surface area contributed by atoms with Gasteiger partial charge in [-0.25, -0.2) is 0 Å². The van der Waals surface area contributed by atoms with E-state index in [-0.39, 0.29) is 11.5 Å². The van der Waals surface area contributed by atoms with Crippen LogP contribution in [0.5, 0.6) is 5.75 Å². The molecule has 1 aromatic rings. The summed E-state index contributed by atoms with van der Waals surface area (Å²) < 4.78 is 0. The number of rotatable bonds is 7. The van der Waals surface area contributed by atoms with Crippen LogP contribution in [0.1, 0.15) is 66.9 Å². The van der Waals surface area contributed by atoms with Gasteiger partial charge in [0.05, 0.1) is 0 Å². The number of ketones is 1. The molecule has 0 radical (unpaired) electrons. The highest BCUT2D eigenvalue weighted by atomic mass is 16.3. The van der Waals surface area contributed by atoms with Crippen LogP contribution in [0.2, 0.25) is 0 Å². The van der Waals surface area contributed by atoms with Crippen LogP contribution in [-0.2, 0) is 0 Å². The summed E-state index contributed by atoms with van der Waals surface area (Å²) in [6, 6.07) is 3.36. The standard InChI is InChI=1S/C16H24O2/c1-4-5-6-7-8-9-16(18)14-10-11-15(17)13(3)12(14)2/h10-11,17H,4-9H2,1-3H3. The fourth-order valence-electron chi connectivity index (χ4n) is 2.13. The monoisotopic (exact) mass is 248 g/mol. The van der Waals surface area contributed by atoms with Crippen LogP contribution in [0.15, 0.2) is 12.1 Å². The molecule has 18 heavy (non-hydrogen) atoms. The number of hydrogen-bond donors (Lipinski definition) is 1. The second kappa shape index (κ2) is 7.20. The average molecular weight is 248 g/mol. The molecule has 100 valence electrons. The van der Waals surface area contributed by atoms with E-state index in [4.69, 9.17) is 0 Å². The second-order valence-electron chi connectivity index (χ2n) is 4.97. The van der Waals surface area contributed by atoms with Crippen LogP contribution in [0.4, 0.5) is 0 Å². The molecule has 0 unspecified atom stereocenters. The Morgan fingerprint density at radius 2 is 1.72 bits per heavy atom. The molecule has 0 aromatic heterocycles. The summed E-state index contributed by atoms with van der Waals surface area (Å²) in [5.74, 6) is 0.471. The molecule has 1 rings (SSSR count). The number of benzene rings is 1. The molecule has 0 bridgehead atoms. The van der Waals surface area contributed by atoms with Gasteiger partial charge in [0.2, 0.25) is 0 Å². The maximum atomic E-state index is 12.1. The van der Waals surface area contributed by atoms with Crippen LogP contribution >= 0.6 is 0 Å². The van der Waals surface area contributed by atoms with E-state index in [9.17, 15) is 9.90 Å². The largest absolute Gasteiger partial charge is 0.508 e. The molecule has 0 aliphatic rings. The number of aromatic hydroxyl groups is 1. The Kier molecular flexibility index (Phi) is 5.90. The first-order chi connectivity index (χ1) is 8.57. The molecule has 0 saturated heterocycles. The van der Waals surface area contributed by atoms with E-state index in [0.29, 0.717) is 6.42 Å². The summed E-state index contributed by atoms with van der Waals surface area (Å²) in [5.41, 5.74) is 2.49. The summed E-state index contributed by atoms with van der Waals surface area (Å²) in [6.07, 6.45) is 6.43. The van der Waals surface area contributed by atoms with E-state index in [1.165, 1.54) is 19.3 Å². The molecule has 1 N–H and O–H groups in total. The van der Waals surface area contributed by atoms with Crippen molar-refractivity contribution in [2.75, 3.05) is 0 Å². The first-order valence-electron chi connectivity index (χ1n) is 6.90. The molecular weight excluding hydrogens is 224 g/mol. The quantitative estimate of drug-likeness (QED) is 0.567. The summed E-state index contributed by atoms with van der Waals surface area (Å²) >= 11 is 0. The SMILES string of the molecule is CCCCCCCC(=O)c1ccc(O)c(C)c1C. The Labute approximate surface area is 110 Å². The van der Waals surface area contributed by atoms with E-state index in [1.807, 2.05) is 13.8 Å². The Hall–Kier alpha value is -1.31. The molecule has 0 aliphatic heterocycles. The van der Waals surface area contributed by atoms with Gasteiger partial charge < -0.3 is 5.11 Å². The number of carbonyl (C=O) groups excluding carboxylic acids is 1. The zero-order chi connectivity index (χ0) is 13.5. The summed E-state index contributed by atoms with van der Waals surface area (Å²) in [7, 11) is 0. The third-order valence-electron chi connectivity index (χ3n) is 3.57. The molecule has 0 heterocycles. The Morgan fingerprint density at radius 3 is 2.39 bits per heavy atom. The third-order valence-corrected chi connectivity index (χ3v) is 3.57. The summed E-state index contributed by atoms with van der Waals surface area (Å²) in [6.45, 7) is 5.94. The molecule has 0 amide bonds. The van der Waals surface area contributed by atoms with Gasteiger partial charge in [-0.1, -0.05) is 32.6 Å². The number of Topliss-reactive ketones (excluding diaryl/α,β-unsaturated/α-hetero) is 1. The third kappa shape index (κ3) is 3.86. The first-order valence-corrected chi connectivity index (χ1v) is 6.90. The molecule has 2 heteroatoms. The number of carbonyl (C=O) groups is 1. The summed E-state index contributed by atoms with van der Waals surface area (Å²) in [5, 5.41) is 9.57. The lowest BCUT2D eigenvalue weighted by Gasteiger charge is -2.09. The van der Waals surface area contributed by atoms with Crippen LogP contribution in [0.25, 0.3) is 0 Å². The molecule has 0 saturated carbocycles. The number of hydrogen-bond acceptors (Lipinski definition) is 2. The number of phenolic OH excluding ortho intramolecular Hbond substituents is 1. The highest BCUT2D eigenvalue weighted by Gasteiger charge is 2.12. The van der Waals surface area contributed by atoms with Crippen LogP contribution in [0.3, 0.4) is 0 Å². The van der Waals surface area contributed by atoms with Gasteiger partial charge in [-0.15, -0.1) is 0 Å². The zero-order valence-electron chi connectivity index (χ0n) is 11.8. The van der Waals surface area contributed by atoms with Gasteiger partial charge in [0.15, 0.2) is 5.78 Å². The van der Waals surface area contributed by atoms with Crippen molar-refractivity contribution in [1.29, 1.82) is 0 Å². The zero-order valence-corrected chi connectivity index (χ0v) is 11.8. The van der Waals surface area contributed by atoms with Crippen LogP contribution in [0, 0.1) is 13.8 Å². The van der Waals surface area contributed by atoms with E-state index in [0.717, 1.165) is 29.5 Å². The summed E-state index contributed by atoms with van der Waals surface area (Å²) in [4.78, 5) is 12.1. The van der Waals surface area contributed by atoms with Gasteiger partial charge in [0.1, 0.15) is 5.75 Å². The van der Waals surface area contributed by atoms with Crippen LogP contribution in [-0.4, -0.2) is 10.9 Å². The molecule has 2 nitrogen and oxygen atoms in total. The minimum absolute atomic E-state index is 0.201. The van der Waals surface area contributed by atoms with Gasteiger partial charge in [0.25, 0.3) is 0 Å². The van der Waals surface area contributed by atoms with E-state index < -0.39 is 0 Å². The molecular formula is C16H24O2. The highest BCUT2D eigenvalue weighted by Crippen LogP contribution is 2.24. The molecule has 0 aliphatic carbocycles. The van der Waals surface area contributed by atoms with E-state index in [1.54, 1.807) is 12.1 Å². The fourth-order valence-corrected chi connectivity index (χ4v) is 2.13. The molecule has 0 fully saturated rings. The Bertz CT molecular complexity index is 408. The van der Waals surface area contributed by atoms with Gasteiger partial charge in [-0.2, -0.15) is 0 Å². The van der Waals surface area contributed by atoms with E-state index >= 15 is 0 Å². The lowest BCUT2D eigenvalue weighted by Crippen LogP contribution is -2.03.